The van der Waals surface area contributed by atoms with Gasteiger partial charge in [0.1, 0.15) is 16.7 Å². The molecule has 20 heavy (non-hydrogen) atoms. The molecule has 1 aromatic heterocycles. The molecule has 3 N–H and O–H groups in total. The monoisotopic (exact) mass is 288 g/mol. The summed E-state index contributed by atoms with van der Waals surface area (Å²) in [6.45, 7) is 0.155. The Bertz CT molecular complexity index is 731. The molecule has 1 heterocycles. The lowest BCUT2D eigenvalue weighted by atomic mass is 10.2. The van der Waals surface area contributed by atoms with E-state index >= 15 is 0 Å². The molecule has 6 nitrogen and oxygen atoms in total. The minimum atomic E-state index is -3.65. The van der Waals surface area contributed by atoms with Crippen LogP contribution >= 0.6 is 0 Å². The summed E-state index contributed by atoms with van der Waals surface area (Å²) < 4.78 is 26.5. The van der Waals surface area contributed by atoms with Gasteiger partial charge in [0.2, 0.25) is 10.0 Å². The van der Waals surface area contributed by atoms with Crippen LogP contribution in [0.1, 0.15) is 11.3 Å². The Balaban J connectivity index is 2.10. The molecule has 1 aromatic carbocycles. The van der Waals surface area contributed by atoms with Crippen LogP contribution in [0, 0.1) is 11.3 Å². The van der Waals surface area contributed by atoms with E-state index in [1.165, 1.54) is 12.1 Å². The molecule has 2 aromatic rings. The summed E-state index contributed by atoms with van der Waals surface area (Å²) in [6.07, 6.45) is 1.16. The summed E-state index contributed by atoms with van der Waals surface area (Å²) in [6, 6.07) is 11.4. The number of anilines is 1. The molecule has 0 saturated heterocycles. The lowest BCUT2D eigenvalue weighted by molar-refractivity contribution is 0.581. The van der Waals surface area contributed by atoms with Gasteiger partial charge in [0.05, 0.1) is 0 Å². The normalized spacial score (nSPS) is 10.9. The Hall–Kier alpha value is -2.43. The van der Waals surface area contributed by atoms with E-state index in [0.29, 0.717) is 5.69 Å². The number of nitrogen functional groups attached to an aromatic ring is 1. The van der Waals surface area contributed by atoms with Crippen molar-refractivity contribution >= 4 is 15.7 Å². The lowest BCUT2D eigenvalue weighted by Crippen LogP contribution is -2.23. The van der Waals surface area contributed by atoms with Crippen LogP contribution in [-0.2, 0) is 16.6 Å². The average molecular weight is 288 g/mol. The zero-order valence-electron chi connectivity index (χ0n) is 10.4. The van der Waals surface area contributed by atoms with E-state index < -0.39 is 10.0 Å². The van der Waals surface area contributed by atoms with Gasteiger partial charge in [0.25, 0.3) is 0 Å². The molecule has 0 spiro atoms. The Morgan fingerprint density at radius 2 is 1.90 bits per heavy atom. The predicted octanol–water partition coefficient (Wildman–Crippen LogP) is 1.01. The van der Waals surface area contributed by atoms with Crippen LogP contribution in [0.2, 0.25) is 0 Å². The van der Waals surface area contributed by atoms with Crippen molar-refractivity contribution in [1.82, 2.24) is 9.71 Å². The quantitative estimate of drug-likeness (QED) is 0.816. The van der Waals surface area contributed by atoms with Crippen molar-refractivity contribution in [2.45, 2.75) is 11.4 Å². The van der Waals surface area contributed by atoms with Gasteiger partial charge in [-0.15, -0.1) is 0 Å². The fourth-order valence-corrected chi connectivity index (χ4v) is 2.46. The zero-order chi connectivity index (χ0) is 14.6. The molecular weight excluding hydrogens is 276 g/mol. The number of hydrogen-bond donors (Lipinski definition) is 2. The van der Waals surface area contributed by atoms with Crippen molar-refractivity contribution in [1.29, 1.82) is 5.26 Å². The summed E-state index contributed by atoms with van der Waals surface area (Å²) in [5.41, 5.74) is 7.14. The number of nitrogens with zero attached hydrogens (tertiary/aromatic N) is 2. The van der Waals surface area contributed by atoms with Crippen LogP contribution in [0.25, 0.3) is 0 Å². The van der Waals surface area contributed by atoms with Gasteiger partial charge in [-0.2, -0.15) is 5.26 Å². The number of benzene rings is 1. The van der Waals surface area contributed by atoms with E-state index in [-0.39, 0.29) is 17.1 Å². The summed E-state index contributed by atoms with van der Waals surface area (Å²) >= 11 is 0. The Kier molecular flexibility index (Phi) is 3.98. The summed E-state index contributed by atoms with van der Waals surface area (Å²) in [5.74, 6) is 0. The molecule has 0 bridgehead atoms. The Morgan fingerprint density at radius 1 is 1.20 bits per heavy atom. The average Bonchev–Trinajstić information content (AvgIpc) is 2.47. The smallest absolute Gasteiger partial charge is 0.242 e. The van der Waals surface area contributed by atoms with Gasteiger partial charge in [0, 0.05) is 18.4 Å². The molecule has 0 unspecified atom stereocenters. The number of hydrogen-bond acceptors (Lipinski definition) is 5. The second-order valence-electron chi connectivity index (χ2n) is 4.06. The Morgan fingerprint density at radius 3 is 2.45 bits per heavy atom. The van der Waals surface area contributed by atoms with Crippen molar-refractivity contribution < 1.29 is 8.42 Å². The number of nitriles is 1. The van der Waals surface area contributed by atoms with E-state index in [4.69, 9.17) is 11.0 Å². The van der Waals surface area contributed by atoms with Gasteiger partial charge in [-0.3, -0.25) is 0 Å². The standard InChI is InChI=1S/C13H12N4O2S/c14-7-12-5-6-13(9-16-12)20(18,19)17-8-10-1-3-11(15)4-2-10/h1-6,9,17H,8,15H2. The number of sulfonamides is 1. The highest BCUT2D eigenvalue weighted by atomic mass is 32.2. The van der Waals surface area contributed by atoms with Gasteiger partial charge < -0.3 is 5.73 Å². The zero-order valence-corrected chi connectivity index (χ0v) is 11.3. The molecule has 0 atom stereocenters. The number of nitrogens with one attached hydrogen (secondary N) is 1. The van der Waals surface area contributed by atoms with Crippen LogP contribution < -0.4 is 10.5 Å². The van der Waals surface area contributed by atoms with E-state index in [2.05, 4.69) is 9.71 Å². The molecule has 0 radical (unpaired) electrons. The predicted molar refractivity (Wildman–Crippen MR) is 73.8 cm³/mol. The van der Waals surface area contributed by atoms with E-state index in [1.807, 2.05) is 6.07 Å². The minimum Gasteiger partial charge on any atom is -0.399 e. The first-order valence-electron chi connectivity index (χ1n) is 5.71. The molecule has 0 aliphatic heterocycles. The topological polar surface area (TPSA) is 109 Å². The van der Waals surface area contributed by atoms with Gasteiger partial charge in [0.15, 0.2) is 0 Å². The maximum Gasteiger partial charge on any atom is 0.242 e. The SMILES string of the molecule is N#Cc1ccc(S(=O)(=O)NCc2ccc(N)cc2)cn1. The second-order valence-corrected chi connectivity index (χ2v) is 5.82. The molecule has 0 aliphatic carbocycles. The number of nitrogens with two attached hydrogens (primary N) is 1. The van der Waals surface area contributed by atoms with E-state index in [9.17, 15) is 8.42 Å². The van der Waals surface area contributed by atoms with Crippen molar-refractivity contribution in [3.05, 3.63) is 53.9 Å². The minimum absolute atomic E-state index is 0.0203. The third-order valence-corrected chi connectivity index (χ3v) is 3.99. The molecule has 0 fully saturated rings. The maximum absolute atomic E-state index is 12.0. The van der Waals surface area contributed by atoms with Crippen LogP contribution in [0.15, 0.2) is 47.5 Å². The maximum atomic E-state index is 12.0. The highest BCUT2D eigenvalue weighted by Gasteiger charge is 2.14. The third kappa shape index (κ3) is 3.32. The molecule has 7 heteroatoms. The van der Waals surface area contributed by atoms with Crippen molar-refractivity contribution in [2.75, 3.05) is 5.73 Å². The Labute approximate surface area is 116 Å². The van der Waals surface area contributed by atoms with Crippen molar-refractivity contribution in [3.63, 3.8) is 0 Å². The lowest BCUT2D eigenvalue weighted by Gasteiger charge is -2.06. The first-order chi connectivity index (χ1) is 9.51. The van der Waals surface area contributed by atoms with E-state index in [1.54, 1.807) is 24.3 Å². The fraction of sp³-hybridized carbons (Fsp3) is 0.0769. The highest BCUT2D eigenvalue weighted by molar-refractivity contribution is 7.89. The van der Waals surface area contributed by atoms with Crippen molar-refractivity contribution in [3.8, 4) is 6.07 Å². The largest absolute Gasteiger partial charge is 0.399 e. The van der Waals surface area contributed by atoms with Gasteiger partial charge in [-0.25, -0.2) is 18.1 Å². The van der Waals surface area contributed by atoms with Crippen LogP contribution in [0.4, 0.5) is 5.69 Å². The molecule has 102 valence electrons. The molecule has 0 aliphatic rings. The highest BCUT2D eigenvalue weighted by Crippen LogP contribution is 2.10. The van der Waals surface area contributed by atoms with E-state index in [0.717, 1.165) is 11.8 Å². The first-order valence-corrected chi connectivity index (χ1v) is 7.20. The van der Waals surface area contributed by atoms with Crippen LogP contribution in [-0.4, -0.2) is 13.4 Å². The number of pyridine rings is 1. The fourth-order valence-electron chi connectivity index (χ4n) is 1.50. The molecule has 0 saturated carbocycles. The third-order valence-electron chi connectivity index (χ3n) is 2.61. The molecular formula is C13H12N4O2S. The molecule has 0 amide bonds. The second kappa shape index (κ2) is 5.69. The first kappa shape index (κ1) is 14.0. The van der Waals surface area contributed by atoms with Gasteiger partial charge >= 0.3 is 0 Å². The summed E-state index contributed by atoms with van der Waals surface area (Å²) in [7, 11) is -3.65. The number of aromatic nitrogens is 1. The van der Waals surface area contributed by atoms with Crippen LogP contribution in [0.3, 0.4) is 0 Å². The van der Waals surface area contributed by atoms with Gasteiger partial charge in [-0.1, -0.05) is 12.1 Å². The van der Waals surface area contributed by atoms with Crippen molar-refractivity contribution in [2.24, 2.45) is 0 Å². The number of rotatable bonds is 4. The van der Waals surface area contributed by atoms with Gasteiger partial charge in [-0.05, 0) is 29.8 Å². The molecule has 2 rings (SSSR count). The summed E-state index contributed by atoms with van der Waals surface area (Å²) in [5, 5.41) is 8.62. The summed E-state index contributed by atoms with van der Waals surface area (Å²) in [4.78, 5) is 3.75. The van der Waals surface area contributed by atoms with Crippen LogP contribution in [0.5, 0.6) is 0 Å².